The predicted octanol–water partition coefficient (Wildman–Crippen LogP) is -1.11. The Morgan fingerprint density at radius 3 is 2.70 bits per heavy atom. The van der Waals surface area contributed by atoms with E-state index in [2.05, 4.69) is 0 Å². The first-order valence-electron chi connectivity index (χ1n) is 3.21. The van der Waals surface area contributed by atoms with Gasteiger partial charge in [-0.1, -0.05) is 0 Å². The molecule has 1 atom stereocenters. The van der Waals surface area contributed by atoms with Crippen LogP contribution in [0.25, 0.3) is 0 Å². The molecule has 1 aliphatic heterocycles. The zero-order valence-electron chi connectivity index (χ0n) is 5.56. The molecule has 1 rings (SSSR count). The molecule has 0 aliphatic carbocycles. The fourth-order valence-electron chi connectivity index (χ4n) is 0.942. The van der Waals surface area contributed by atoms with E-state index in [1.54, 1.807) is 4.90 Å². The quantitative estimate of drug-likeness (QED) is 0.513. The average Bonchev–Trinajstić information content (AvgIpc) is 1.82. The van der Waals surface area contributed by atoms with E-state index in [1.165, 1.54) is 0 Å². The highest BCUT2D eigenvalue weighted by Crippen LogP contribution is 2.11. The van der Waals surface area contributed by atoms with Crippen LogP contribution in [0.2, 0.25) is 0 Å². The maximum absolute atomic E-state index is 9.08. The average molecular weight is 142 g/mol. The van der Waals surface area contributed by atoms with E-state index >= 15 is 0 Å². The maximum Gasteiger partial charge on any atom is 0.120 e. The van der Waals surface area contributed by atoms with Crippen LogP contribution in [0.5, 0.6) is 0 Å². The first-order chi connectivity index (χ1) is 4.74. The van der Waals surface area contributed by atoms with Crippen molar-refractivity contribution >= 4 is 0 Å². The summed E-state index contributed by atoms with van der Waals surface area (Å²) in [5, 5.41) is 26.1. The first kappa shape index (κ1) is 7.48. The van der Waals surface area contributed by atoms with E-state index in [0.29, 0.717) is 13.1 Å². The normalized spacial score (nSPS) is 23.3. The molecule has 1 heterocycles. The summed E-state index contributed by atoms with van der Waals surface area (Å²) in [5.41, 5.74) is 0. The van der Waals surface area contributed by atoms with Gasteiger partial charge in [-0.05, 0) is 0 Å². The van der Waals surface area contributed by atoms with Crippen molar-refractivity contribution in [1.29, 1.82) is 5.26 Å². The molecule has 0 radical (unpaired) electrons. The first-order valence-corrected chi connectivity index (χ1v) is 3.21. The van der Waals surface area contributed by atoms with Gasteiger partial charge in [0.2, 0.25) is 0 Å². The second kappa shape index (κ2) is 2.97. The van der Waals surface area contributed by atoms with Gasteiger partial charge in [-0.15, -0.1) is 0 Å². The lowest BCUT2D eigenvalue weighted by Crippen LogP contribution is -2.55. The number of nitrogens with zero attached hydrogens (tertiary/aromatic N) is 2. The minimum Gasteiger partial charge on any atom is -0.390 e. The van der Waals surface area contributed by atoms with Crippen molar-refractivity contribution in [1.82, 2.24) is 4.90 Å². The number of aliphatic hydroxyl groups is 2. The van der Waals surface area contributed by atoms with Crippen LogP contribution < -0.4 is 0 Å². The van der Waals surface area contributed by atoms with Crippen molar-refractivity contribution in [3.63, 3.8) is 0 Å². The highest BCUT2D eigenvalue weighted by atomic mass is 16.3. The van der Waals surface area contributed by atoms with E-state index < -0.39 is 6.23 Å². The van der Waals surface area contributed by atoms with E-state index in [1.807, 2.05) is 6.07 Å². The summed E-state index contributed by atoms with van der Waals surface area (Å²) >= 11 is 0. The predicted molar refractivity (Wildman–Crippen MR) is 33.8 cm³/mol. The molecule has 1 fully saturated rings. The van der Waals surface area contributed by atoms with Crippen LogP contribution in [0.1, 0.15) is 6.42 Å². The molecule has 0 amide bonds. The Kier molecular flexibility index (Phi) is 2.22. The standard InChI is InChI=1S/C6H10N2O2/c7-2-1-6(10)8-3-5(9)4-8/h5-6,9-10H,1,3-4H2. The number of hydrogen-bond acceptors (Lipinski definition) is 4. The molecule has 1 aliphatic rings. The lowest BCUT2D eigenvalue weighted by molar-refractivity contribution is -0.0960. The van der Waals surface area contributed by atoms with E-state index in [9.17, 15) is 0 Å². The molecular formula is C6H10N2O2. The van der Waals surface area contributed by atoms with Crippen molar-refractivity contribution in [3.8, 4) is 6.07 Å². The molecule has 0 spiro atoms. The zero-order chi connectivity index (χ0) is 7.56. The van der Waals surface area contributed by atoms with Crippen molar-refractivity contribution < 1.29 is 10.2 Å². The van der Waals surface area contributed by atoms with Gasteiger partial charge in [0, 0.05) is 13.1 Å². The lowest BCUT2D eigenvalue weighted by Gasteiger charge is -2.38. The monoisotopic (exact) mass is 142 g/mol. The Labute approximate surface area is 59.3 Å². The van der Waals surface area contributed by atoms with E-state index in [0.717, 1.165) is 0 Å². The summed E-state index contributed by atoms with van der Waals surface area (Å²) < 4.78 is 0. The van der Waals surface area contributed by atoms with Gasteiger partial charge in [-0.25, -0.2) is 0 Å². The summed E-state index contributed by atoms with van der Waals surface area (Å²) in [6.07, 6.45) is -0.881. The molecule has 4 heteroatoms. The van der Waals surface area contributed by atoms with Gasteiger partial charge in [-0.2, -0.15) is 5.26 Å². The van der Waals surface area contributed by atoms with Crippen LogP contribution >= 0.6 is 0 Å². The Morgan fingerprint density at radius 2 is 2.30 bits per heavy atom. The van der Waals surface area contributed by atoms with Crippen molar-refractivity contribution in [2.45, 2.75) is 18.8 Å². The van der Waals surface area contributed by atoms with Crippen LogP contribution in [0.4, 0.5) is 0 Å². The Hall–Kier alpha value is -0.630. The number of rotatable bonds is 2. The van der Waals surface area contributed by atoms with Gasteiger partial charge in [0.25, 0.3) is 0 Å². The molecule has 56 valence electrons. The van der Waals surface area contributed by atoms with Gasteiger partial charge in [0.1, 0.15) is 6.23 Å². The molecule has 2 N–H and O–H groups in total. The third-order valence-corrected chi connectivity index (χ3v) is 1.59. The number of aliphatic hydroxyl groups excluding tert-OH is 2. The maximum atomic E-state index is 9.08. The summed E-state index contributed by atoms with van der Waals surface area (Å²) in [4.78, 5) is 1.66. The minimum atomic E-state index is -0.687. The highest BCUT2D eigenvalue weighted by molar-refractivity contribution is 4.84. The molecule has 0 saturated carbocycles. The number of likely N-dealkylation sites (tertiary alicyclic amines) is 1. The Morgan fingerprint density at radius 1 is 1.70 bits per heavy atom. The van der Waals surface area contributed by atoms with Gasteiger partial charge < -0.3 is 10.2 Å². The molecule has 0 bridgehead atoms. The summed E-state index contributed by atoms with van der Waals surface area (Å²) in [7, 11) is 0. The largest absolute Gasteiger partial charge is 0.390 e. The van der Waals surface area contributed by atoms with E-state index in [4.69, 9.17) is 15.5 Å². The molecule has 0 aromatic heterocycles. The molecule has 1 saturated heterocycles. The van der Waals surface area contributed by atoms with Crippen LogP contribution in [0, 0.1) is 11.3 Å². The molecular weight excluding hydrogens is 132 g/mol. The third kappa shape index (κ3) is 1.45. The van der Waals surface area contributed by atoms with Crippen LogP contribution in [-0.4, -0.2) is 40.5 Å². The number of nitriles is 1. The number of β-amino-alcohol motifs (C(OH)–C–C–N with tert-alkyl or cyclic N) is 1. The van der Waals surface area contributed by atoms with Gasteiger partial charge >= 0.3 is 0 Å². The summed E-state index contributed by atoms with van der Waals surface area (Å²) in [6.45, 7) is 0.978. The smallest absolute Gasteiger partial charge is 0.120 e. The summed E-state index contributed by atoms with van der Waals surface area (Å²) in [5.74, 6) is 0. The van der Waals surface area contributed by atoms with Crippen molar-refractivity contribution in [2.75, 3.05) is 13.1 Å². The van der Waals surface area contributed by atoms with Crippen molar-refractivity contribution in [2.24, 2.45) is 0 Å². The summed E-state index contributed by atoms with van der Waals surface area (Å²) in [6, 6.07) is 1.86. The second-order valence-corrected chi connectivity index (χ2v) is 2.45. The lowest BCUT2D eigenvalue weighted by atomic mass is 10.1. The fourth-order valence-corrected chi connectivity index (χ4v) is 0.942. The van der Waals surface area contributed by atoms with Gasteiger partial charge in [0.15, 0.2) is 0 Å². The number of hydrogen-bond donors (Lipinski definition) is 2. The topological polar surface area (TPSA) is 67.5 Å². The third-order valence-electron chi connectivity index (χ3n) is 1.59. The second-order valence-electron chi connectivity index (χ2n) is 2.45. The fraction of sp³-hybridized carbons (Fsp3) is 0.833. The van der Waals surface area contributed by atoms with Gasteiger partial charge in [-0.3, -0.25) is 4.90 Å². The highest BCUT2D eigenvalue weighted by Gasteiger charge is 2.29. The molecule has 4 nitrogen and oxygen atoms in total. The van der Waals surface area contributed by atoms with Crippen LogP contribution in [-0.2, 0) is 0 Å². The molecule has 0 aromatic carbocycles. The molecule has 0 aromatic rings. The molecule has 1 unspecified atom stereocenters. The Balaban J connectivity index is 2.19. The molecule has 10 heavy (non-hydrogen) atoms. The van der Waals surface area contributed by atoms with Crippen molar-refractivity contribution in [3.05, 3.63) is 0 Å². The Bertz CT molecular complexity index is 148. The minimum absolute atomic E-state index is 0.118. The SMILES string of the molecule is N#CCC(O)N1CC(O)C1. The van der Waals surface area contributed by atoms with E-state index in [-0.39, 0.29) is 12.5 Å². The van der Waals surface area contributed by atoms with Gasteiger partial charge in [0.05, 0.1) is 18.6 Å². The zero-order valence-corrected chi connectivity index (χ0v) is 5.56. The van der Waals surface area contributed by atoms with Crippen LogP contribution in [0.15, 0.2) is 0 Å². The van der Waals surface area contributed by atoms with Crippen LogP contribution in [0.3, 0.4) is 0 Å².